The van der Waals surface area contributed by atoms with E-state index >= 15 is 0 Å². The van der Waals surface area contributed by atoms with Gasteiger partial charge in [-0.1, -0.05) is 24.3 Å². The molecule has 128 valence electrons. The zero-order valence-electron chi connectivity index (χ0n) is 14.7. The molecule has 0 radical (unpaired) electrons. The van der Waals surface area contributed by atoms with Crippen molar-refractivity contribution in [1.29, 1.82) is 0 Å². The third kappa shape index (κ3) is 5.03. The summed E-state index contributed by atoms with van der Waals surface area (Å²) in [5.74, 6) is -0.205. The quantitative estimate of drug-likeness (QED) is 0.866. The topological polar surface area (TPSA) is 67.2 Å². The molecule has 1 N–H and O–H groups in total. The van der Waals surface area contributed by atoms with Crippen molar-refractivity contribution in [2.75, 3.05) is 14.1 Å². The minimum Gasteiger partial charge on any atom is -0.350 e. The summed E-state index contributed by atoms with van der Waals surface area (Å²) in [6, 6.07) is 9.89. The van der Waals surface area contributed by atoms with Crippen molar-refractivity contribution in [3.63, 3.8) is 0 Å². The molecule has 0 saturated carbocycles. The summed E-state index contributed by atoms with van der Waals surface area (Å²) in [7, 11) is 4.04. The molecule has 0 bridgehead atoms. The van der Waals surface area contributed by atoms with Crippen molar-refractivity contribution in [1.82, 2.24) is 19.8 Å². The monoisotopic (exact) mass is 328 g/mol. The average molecular weight is 328 g/mol. The highest BCUT2D eigenvalue weighted by Gasteiger charge is 2.08. The average Bonchev–Trinajstić information content (AvgIpc) is 2.48. The van der Waals surface area contributed by atoms with Gasteiger partial charge in [-0.25, -0.2) is 4.79 Å². The number of nitrogens with zero attached hydrogens (tertiary/aromatic N) is 3. The Hall–Kier alpha value is -2.47. The Morgan fingerprint density at radius 3 is 2.58 bits per heavy atom. The van der Waals surface area contributed by atoms with Gasteiger partial charge in [0.05, 0.1) is 0 Å². The van der Waals surface area contributed by atoms with Crippen LogP contribution in [0.4, 0.5) is 0 Å². The molecule has 2 rings (SSSR count). The van der Waals surface area contributed by atoms with E-state index in [9.17, 15) is 9.59 Å². The molecule has 0 atom stereocenters. The van der Waals surface area contributed by atoms with Gasteiger partial charge in [-0.3, -0.25) is 9.36 Å². The molecule has 0 spiro atoms. The third-order valence-electron chi connectivity index (χ3n) is 3.63. The van der Waals surface area contributed by atoms with E-state index in [0.29, 0.717) is 12.2 Å². The van der Waals surface area contributed by atoms with Crippen molar-refractivity contribution in [3.05, 3.63) is 63.3 Å². The van der Waals surface area contributed by atoms with Gasteiger partial charge in [0.15, 0.2) is 0 Å². The summed E-state index contributed by atoms with van der Waals surface area (Å²) in [4.78, 5) is 30.0. The minimum absolute atomic E-state index is 0.0185. The van der Waals surface area contributed by atoms with Gasteiger partial charge in [0.1, 0.15) is 6.54 Å². The molecule has 0 fully saturated rings. The third-order valence-corrected chi connectivity index (χ3v) is 3.63. The lowest BCUT2D eigenvalue weighted by molar-refractivity contribution is -0.121. The molecule has 1 aromatic heterocycles. The maximum Gasteiger partial charge on any atom is 0.348 e. The Kier molecular flexibility index (Phi) is 5.87. The van der Waals surface area contributed by atoms with E-state index in [1.165, 1.54) is 10.1 Å². The molecule has 1 amide bonds. The standard InChI is InChI=1S/C18H24N4O2/c1-13-8-14(2)22(18(24)20-13)12-17(23)19-10-15-6-5-7-16(9-15)11-21(3)4/h5-9H,10-12H2,1-4H3,(H,19,23). The predicted molar refractivity (Wildman–Crippen MR) is 93.7 cm³/mol. The summed E-state index contributed by atoms with van der Waals surface area (Å²) in [6.07, 6.45) is 0. The number of rotatable bonds is 6. The van der Waals surface area contributed by atoms with Gasteiger partial charge in [-0.2, -0.15) is 4.98 Å². The van der Waals surface area contributed by atoms with E-state index in [2.05, 4.69) is 27.3 Å². The molecule has 1 heterocycles. The number of hydrogen-bond donors (Lipinski definition) is 1. The fraction of sp³-hybridized carbons (Fsp3) is 0.389. The minimum atomic E-state index is -0.393. The molecule has 24 heavy (non-hydrogen) atoms. The summed E-state index contributed by atoms with van der Waals surface area (Å²) < 4.78 is 1.38. The highest BCUT2D eigenvalue weighted by Crippen LogP contribution is 2.07. The first-order valence-corrected chi connectivity index (χ1v) is 7.89. The maximum absolute atomic E-state index is 12.1. The van der Waals surface area contributed by atoms with Crippen LogP contribution < -0.4 is 11.0 Å². The summed E-state index contributed by atoms with van der Waals surface area (Å²) in [5.41, 5.74) is 3.23. The summed E-state index contributed by atoms with van der Waals surface area (Å²) in [6.45, 7) is 4.83. The van der Waals surface area contributed by atoms with Crippen LogP contribution in [0.1, 0.15) is 22.5 Å². The van der Waals surface area contributed by atoms with Crippen molar-refractivity contribution in [3.8, 4) is 0 Å². The first kappa shape index (κ1) is 17.9. The first-order chi connectivity index (χ1) is 11.3. The zero-order chi connectivity index (χ0) is 17.7. The number of aryl methyl sites for hydroxylation is 2. The molecular weight excluding hydrogens is 304 g/mol. The van der Waals surface area contributed by atoms with Gasteiger partial charge in [-0.05, 0) is 45.1 Å². The van der Waals surface area contributed by atoms with Gasteiger partial charge < -0.3 is 10.2 Å². The number of nitrogens with one attached hydrogen (secondary N) is 1. The van der Waals surface area contributed by atoms with Crippen molar-refractivity contribution >= 4 is 5.91 Å². The largest absolute Gasteiger partial charge is 0.350 e. The fourth-order valence-corrected chi connectivity index (χ4v) is 2.57. The van der Waals surface area contributed by atoms with Gasteiger partial charge in [0, 0.05) is 24.5 Å². The highest BCUT2D eigenvalue weighted by atomic mass is 16.2. The Morgan fingerprint density at radius 1 is 1.21 bits per heavy atom. The molecular formula is C18H24N4O2. The molecule has 0 saturated heterocycles. The Balaban J connectivity index is 1.98. The highest BCUT2D eigenvalue weighted by molar-refractivity contribution is 5.75. The molecule has 0 aliphatic carbocycles. The molecule has 0 unspecified atom stereocenters. The van der Waals surface area contributed by atoms with Crippen LogP contribution in [0.3, 0.4) is 0 Å². The number of carbonyl (C=O) groups is 1. The van der Waals surface area contributed by atoms with E-state index < -0.39 is 5.69 Å². The van der Waals surface area contributed by atoms with Gasteiger partial charge >= 0.3 is 5.69 Å². The number of benzene rings is 1. The predicted octanol–water partition coefficient (Wildman–Crippen LogP) is 1.24. The SMILES string of the molecule is Cc1cc(C)n(CC(=O)NCc2cccc(CN(C)C)c2)c(=O)n1. The molecule has 1 aromatic carbocycles. The Labute approximate surface area is 142 Å². The summed E-state index contributed by atoms with van der Waals surface area (Å²) in [5, 5.41) is 2.86. The fourth-order valence-electron chi connectivity index (χ4n) is 2.57. The number of aromatic nitrogens is 2. The van der Waals surface area contributed by atoms with Crippen LogP contribution >= 0.6 is 0 Å². The lowest BCUT2D eigenvalue weighted by atomic mass is 10.1. The van der Waals surface area contributed by atoms with Crippen LogP contribution in [-0.2, 0) is 24.4 Å². The lowest BCUT2D eigenvalue weighted by Gasteiger charge is -2.12. The Morgan fingerprint density at radius 2 is 1.92 bits per heavy atom. The second-order valence-electron chi connectivity index (χ2n) is 6.24. The van der Waals surface area contributed by atoms with Crippen LogP contribution in [0.15, 0.2) is 35.1 Å². The molecule has 2 aromatic rings. The smallest absolute Gasteiger partial charge is 0.348 e. The summed E-state index contributed by atoms with van der Waals surface area (Å²) >= 11 is 0. The molecule has 0 aliphatic rings. The second kappa shape index (κ2) is 7.88. The first-order valence-electron chi connectivity index (χ1n) is 7.89. The van der Waals surface area contributed by atoms with Crippen LogP contribution in [0, 0.1) is 13.8 Å². The van der Waals surface area contributed by atoms with Gasteiger partial charge in [-0.15, -0.1) is 0 Å². The molecule has 0 aliphatic heterocycles. The number of amides is 1. The zero-order valence-corrected chi connectivity index (χ0v) is 14.7. The van der Waals surface area contributed by atoms with Crippen molar-refractivity contribution < 1.29 is 4.79 Å². The van der Waals surface area contributed by atoms with Gasteiger partial charge in [0.25, 0.3) is 0 Å². The van der Waals surface area contributed by atoms with Crippen molar-refractivity contribution in [2.45, 2.75) is 33.5 Å². The van der Waals surface area contributed by atoms with Crippen LogP contribution in [0.2, 0.25) is 0 Å². The maximum atomic E-state index is 12.1. The second-order valence-corrected chi connectivity index (χ2v) is 6.24. The van der Waals surface area contributed by atoms with E-state index in [-0.39, 0.29) is 12.5 Å². The number of hydrogen-bond acceptors (Lipinski definition) is 4. The van der Waals surface area contributed by atoms with E-state index in [0.717, 1.165) is 17.8 Å². The molecule has 6 nitrogen and oxygen atoms in total. The van der Waals surface area contributed by atoms with Crippen LogP contribution in [0.5, 0.6) is 0 Å². The molecule has 6 heteroatoms. The Bertz CT molecular complexity index is 781. The van der Waals surface area contributed by atoms with E-state index in [1.807, 2.05) is 26.2 Å². The van der Waals surface area contributed by atoms with Gasteiger partial charge in [0.2, 0.25) is 5.91 Å². The van der Waals surface area contributed by atoms with Crippen molar-refractivity contribution in [2.24, 2.45) is 0 Å². The van der Waals surface area contributed by atoms with Crippen LogP contribution in [0.25, 0.3) is 0 Å². The number of carbonyl (C=O) groups excluding carboxylic acids is 1. The lowest BCUT2D eigenvalue weighted by Crippen LogP contribution is -2.34. The van der Waals surface area contributed by atoms with E-state index in [1.54, 1.807) is 19.9 Å². The van der Waals surface area contributed by atoms with E-state index in [4.69, 9.17) is 0 Å². The normalized spacial score (nSPS) is 10.9. The van der Waals surface area contributed by atoms with Crippen LogP contribution in [-0.4, -0.2) is 34.5 Å².